The molecule has 0 fully saturated rings. The molecule has 0 aliphatic heterocycles. The third kappa shape index (κ3) is 1.40. The Morgan fingerprint density at radius 3 is 2.58 bits per heavy atom. The van der Waals surface area contributed by atoms with Gasteiger partial charge in [-0.15, -0.1) is 0 Å². The van der Waals surface area contributed by atoms with Crippen LogP contribution in [0, 0.1) is 17.0 Å². The first kappa shape index (κ1) is 8.99. The van der Waals surface area contributed by atoms with Gasteiger partial charge in [0.25, 0.3) is 5.69 Å². The van der Waals surface area contributed by atoms with Crippen LogP contribution >= 0.6 is 15.9 Å². The second-order valence-electron chi connectivity index (χ2n) is 2.37. The molecule has 2 N–H and O–H groups in total. The van der Waals surface area contributed by atoms with Crippen molar-refractivity contribution in [3.05, 3.63) is 32.3 Å². The quantitative estimate of drug-likeness (QED) is 0.457. The lowest BCUT2D eigenvalue weighted by molar-refractivity contribution is -0.386. The molecule has 1 aromatic carbocycles. The minimum atomic E-state index is -0.449. The molecule has 0 spiro atoms. The maximum absolute atomic E-state index is 10.5. The molecule has 0 aromatic heterocycles. The van der Waals surface area contributed by atoms with Crippen molar-refractivity contribution in [3.63, 3.8) is 0 Å². The number of halogens is 1. The Balaban J connectivity index is 3.43. The minimum absolute atomic E-state index is 0.0370. The van der Waals surface area contributed by atoms with Crippen molar-refractivity contribution in [2.75, 3.05) is 5.73 Å². The van der Waals surface area contributed by atoms with E-state index in [1.165, 1.54) is 0 Å². The minimum Gasteiger partial charge on any atom is -0.398 e. The highest BCUT2D eigenvalue weighted by atomic mass is 79.9. The molecule has 64 valence electrons. The molecule has 0 unspecified atom stereocenters. The molecular formula is C7H7BrN2O2. The lowest BCUT2D eigenvalue weighted by Gasteiger charge is -2.01. The zero-order valence-electron chi connectivity index (χ0n) is 6.37. The maximum atomic E-state index is 10.5. The molecule has 0 aliphatic carbocycles. The van der Waals surface area contributed by atoms with Crippen LogP contribution in [0.2, 0.25) is 0 Å². The first-order chi connectivity index (χ1) is 5.54. The van der Waals surface area contributed by atoms with Crippen LogP contribution in [-0.4, -0.2) is 4.92 Å². The van der Waals surface area contributed by atoms with E-state index in [-0.39, 0.29) is 5.69 Å². The Bertz CT molecular complexity index is 338. The van der Waals surface area contributed by atoms with Crippen LogP contribution in [0.1, 0.15) is 5.56 Å². The number of rotatable bonds is 1. The number of benzene rings is 1. The van der Waals surface area contributed by atoms with Crippen molar-refractivity contribution in [1.29, 1.82) is 0 Å². The van der Waals surface area contributed by atoms with Gasteiger partial charge in [0.1, 0.15) is 0 Å². The van der Waals surface area contributed by atoms with Crippen molar-refractivity contribution in [2.45, 2.75) is 6.92 Å². The van der Waals surface area contributed by atoms with Gasteiger partial charge in [-0.3, -0.25) is 10.1 Å². The van der Waals surface area contributed by atoms with Gasteiger partial charge in [-0.2, -0.15) is 0 Å². The monoisotopic (exact) mass is 230 g/mol. The average molecular weight is 231 g/mol. The molecule has 4 nitrogen and oxygen atoms in total. The van der Waals surface area contributed by atoms with Gasteiger partial charge in [0.05, 0.1) is 15.0 Å². The van der Waals surface area contributed by atoms with Crippen molar-refractivity contribution >= 4 is 27.3 Å². The molecule has 0 bridgehead atoms. The molecule has 1 aromatic rings. The number of hydrogen-bond acceptors (Lipinski definition) is 3. The van der Waals surface area contributed by atoms with Crippen molar-refractivity contribution in [3.8, 4) is 0 Å². The lowest BCUT2D eigenvalue weighted by atomic mass is 10.2. The predicted molar refractivity (Wildman–Crippen MR) is 49.9 cm³/mol. The van der Waals surface area contributed by atoms with E-state index in [1.807, 2.05) is 0 Å². The van der Waals surface area contributed by atoms with Crippen LogP contribution in [0.25, 0.3) is 0 Å². The van der Waals surface area contributed by atoms with Gasteiger partial charge in [-0.1, -0.05) is 0 Å². The molecule has 0 radical (unpaired) electrons. The number of nitrogens with two attached hydrogens (primary N) is 1. The summed E-state index contributed by atoms with van der Waals surface area (Å²) in [4.78, 5) is 10.1. The summed E-state index contributed by atoms with van der Waals surface area (Å²) in [6.45, 7) is 1.62. The summed E-state index contributed by atoms with van der Waals surface area (Å²) in [6.07, 6.45) is 0. The number of anilines is 1. The van der Waals surface area contributed by atoms with Gasteiger partial charge in [-0.25, -0.2) is 0 Å². The largest absolute Gasteiger partial charge is 0.398 e. The van der Waals surface area contributed by atoms with Gasteiger partial charge in [0, 0.05) is 5.69 Å². The standard InChI is InChI=1S/C7H7BrN2O2/c1-4-6(9)3-2-5(8)7(4)10(11)12/h2-3H,9H2,1H3. The Labute approximate surface area is 77.7 Å². The molecule has 0 saturated heterocycles. The SMILES string of the molecule is Cc1c(N)ccc(Br)c1[N+](=O)[O-]. The molecule has 5 heteroatoms. The fourth-order valence-electron chi connectivity index (χ4n) is 0.907. The number of nitro groups is 1. The Hall–Kier alpha value is -1.10. The average Bonchev–Trinajstić information content (AvgIpc) is 1.97. The second kappa shape index (κ2) is 3.10. The topological polar surface area (TPSA) is 69.2 Å². The first-order valence-electron chi connectivity index (χ1n) is 3.23. The molecule has 1 rings (SSSR count). The van der Waals surface area contributed by atoms with Gasteiger partial charge < -0.3 is 5.73 Å². The molecule has 0 aliphatic rings. The lowest BCUT2D eigenvalue weighted by Crippen LogP contribution is -1.97. The number of nitro benzene ring substituents is 1. The van der Waals surface area contributed by atoms with E-state index in [2.05, 4.69) is 15.9 Å². The van der Waals surface area contributed by atoms with Gasteiger partial charge >= 0.3 is 0 Å². The van der Waals surface area contributed by atoms with Crippen LogP contribution in [0.3, 0.4) is 0 Å². The van der Waals surface area contributed by atoms with Crippen molar-refractivity contribution in [1.82, 2.24) is 0 Å². The Morgan fingerprint density at radius 2 is 2.17 bits per heavy atom. The number of hydrogen-bond donors (Lipinski definition) is 1. The fourth-order valence-corrected chi connectivity index (χ4v) is 1.48. The molecule has 0 heterocycles. The van der Waals surface area contributed by atoms with Gasteiger partial charge in [0.15, 0.2) is 0 Å². The molecule has 0 atom stereocenters. The summed E-state index contributed by atoms with van der Waals surface area (Å²) < 4.78 is 0.458. The van der Waals surface area contributed by atoms with E-state index in [4.69, 9.17) is 5.73 Å². The molecular weight excluding hydrogens is 224 g/mol. The van der Waals surface area contributed by atoms with E-state index in [0.717, 1.165) is 0 Å². The second-order valence-corrected chi connectivity index (χ2v) is 3.22. The highest BCUT2D eigenvalue weighted by molar-refractivity contribution is 9.10. The third-order valence-electron chi connectivity index (χ3n) is 1.61. The fraction of sp³-hybridized carbons (Fsp3) is 0.143. The Morgan fingerprint density at radius 1 is 1.58 bits per heavy atom. The summed E-state index contributed by atoms with van der Waals surface area (Å²) in [6, 6.07) is 3.20. The third-order valence-corrected chi connectivity index (χ3v) is 2.25. The summed E-state index contributed by atoms with van der Waals surface area (Å²) in [5, 5.41) is 10.5. The number of nitrogen functional groups attached to an aromatic ring is 1. The van der Waals surface area contributed by atoms with Crippen molar-refractivity contribution < 1.29 is 4.92 Å². The van der Waals surface area contributed by atoms with Crippen LogP contribution in [0.15, 0.2) is 16.6 Å². The molecule has 0 saturated carbocycles. The Kier molecular flexibility index (Phi) is 2.32. The number of nitrogens with zero attached hydrogens (tertiary/aromatic N) is 1. The van der Waals surface area contributed by atoms with E-state index >= 15 is 0 Å². The zero-order valence-corrected chi connectivity index (χ0v) is 7.96. The highest BCUT2D eigenvalue weighted by Gasteiger charge is 2.16. The van der Waals surface area contributed by atoms with Crippen LogP contribution < -0.4 is 5.73 Å². The van der Waals surface area contributed by atoms with E-state index in [1.54, 1.807) is 19.1 Å². The molecule has 12 heavy (non-hydrogen) atoms. The zero-order chi connectivity index (χ0) is 9.30. The van der Waals surface area contributed by atoms with Crippen molar-refractivity contribution in [2.24, 2.45) is 0 Å². The first-order valence-corrected chi connectivity index (χ1v) is 4.02. The summed E-state index contributed by atoms with van der Waals surface area (Å²) in [7, 11) is 0. The highest BCUT2D eigenvalue weighted by Crippen LogP contribution is 2.31. The summed E-state index contributed by atoms with van der Waals surface area (Å²) in [5.41, 5.74) is 6.47. The van der Waals surface area contributed by atoms with E-state index < -0.39 is 4.92 Å². The van der Waals surface area contributed by atoms with Crippen LogP contribution in [0.4, 0.5) is 11.4 Å². The predicted octanol–water partition coefficient (Wildman–Crippen LogP) is 2.25. The van der Waals surface area contributed by atoms with Gasteiger partial charge in [-0.05, 0) is 35.0 Å². The summed E-state index contributed by atoms with van der Waals surface area (Å²) in [5.74, 6) is 0. The maximum Gasteiger partial charge on any atom is 0.288 e. The molecule has 0 amide bonds. The van der Waals surface area contributed by atoms with Crippen LogP contribution in [-0.2, 0) is 0 Å². The van der Waals surface area contributed by atoms with E-state index in [0.29, 0.717) is 15.7 Å². The van der Waals surface area contributed by atoms with Gasteiger partial charge in [0.2, 0.25) is 0 Å². The van der Waals surface area contributed by atoms with E-state index in [9.17, 15) is 10.1 Å². The van der Waals surface area contributed by atoms with Crippen LogP contribution in [0.5, 0.6) is 0 Å². The normalized spacial score (nSPS) is 9.83. The summed E-state index contributed by atoms with van der Waals surface area (Å²) >= 11 is 3.08. The smallest absolute Gasteiger partial charge is 0.288 e.